The van der Waals surface area contributed by atoms with Crippen LogP contribution in [0.3, 0.4) is 0 Å². The van der Waals surface area contributed by atoms with Crippen molar-refractivity contribution >= 4 is 23.2 Å². The Bertz CT molecular complexity index is 722. The molecular weight excluding hydrogens is 288 g/mol. The van der Waals surface area contributed by atoms with Crippen molar-refractivity contribution in [3.05, 3.63) is 59.7 Å². The molecule has 1 aliphatic rings. The van der Waals surface area contributed by atoms with Crippen LogP contribution in [0.15, 0.2) is 48.5 Å². The van der Waals surface area contributed by atoms with Crippen LogP contribution in [0.5, 0.6) is 0 Å². The van der Waals surface area contributed by atoms with Crippen molar-refractivity contribution in [1.82, 2.24) is 0 Å². The van der Waals surface area contributed by atoms with E-state index in [1.165, 1.54) is 5.56 Å². The zero-order valence-corrected chi connectivity index (χ0v) is 13.2. The van der Waals surface area contributed by atoms with Gasteiger partial charge >= 0.3 is 0 Å². The first-order valence-electron chi connectivity index (χ1n) is 7.88. The molecule has 4 nitrogen and oxygen atoms in total. The quantitative estimate of drug-likeness (QED) is 0.884. The van der Waals surface area contributed by atoms with E-state index in [2.05, 4.69) is 5.32 Å². The number of hydrogen-bond donors (Lipinski definition) is 1. The molecule has 1 heterocycles. The molecule has 0 atom stereocenters. The van der Waals surface area contributed by atoms with E-state index in [1.807, 2.05) is 55.5 Å². The minimum Gasteiger partial charge on any atom is -0.326 e. The molecule has 0 fully saturated rings. The molecule has 0 saturated heterocycles. The average molecular weight is 308 g/mol. The Morgan fingerprint density at radius 1 is 1.09 bits per heavy atom. The maximum absolute atomic E-state index is 12.5. The monoisotopic (exact) mass is 308 g/mol. The molecule has 0 unspecified atom stereocenters. The van der Waals surface area contributed by atoms with Crippen LogP contribution < -0.4 is 10.2 Å². The minimum absolute atomic E-state index is 0.137. The fourth-order valence-electron chi connectivity index (χ4n) is 2.87. The van der Waals surface area contributed by atoms with Crippen LogP contribution in [-0.4, -0.2) is 18.4 Å². The molecule has 118 valence electrons. The van der Waals surface area contributed by atoms with E-state index < -0.39 is 0 Å². The Morgan fingerprint density at radius 2 is 1.83 bits per heavy atom. The van der Waals surface area contributed by atoms with E-state index in [0.29, 0.717) is 12.2 Å². The molecule has 0 radical (unpaired) electrons. The number of aryl methyl sites for hydroxylation is 2. The first-order chi connectivity index (χ1) is 11.1. The average Bonchev–Trinajstić information content (AvgIpc) is 2.56. The highest BCUT2D eigenvalue weighted by Crippen LogP contribution is 2.27. The maximum Gasteiger partial charge on any atom is 0.236 e. The van der Waals surface area contributed by atoms with Gasteiger partial charge in [0.1, 0.15) is 6.42 Å². The Labute approximate surface area is 136 Å². The molecular formula is C19H20N2O2. The van der Waals surface area contributed by atoms with Gasteiger partial charge in [0.05, 0.1) is 0 Å². The number of carbonyl (C=O) groups is 2. The number of nitrogens with one attached hydrogen (secondary N) is 1. The van der Waals surface area contributed by atoms with Gasteiger partial charge in [0.25, 0.3) is 0 Å². The summed E-state index contributed by atoms with van der Waals surface area (Å²) in [5, 5.41) is 2.78. The second-order valence-electron chi connectivity index (χ2n) is 5.87. The lowest BCUT2D eigenvalue weighted by Crippen LogP contribution is -2.37. The van der Waals surface area contributed by atoms with Crippen LogP contribution >= 0.6 is 0 Å². The summed E-state index contributed by atoms with van der Waals surface area (Å²) in [4.78, 5) is 26.3. The Kier molecular flexibility index (Phi) is 4.42. The van der Waals surface area contributed by atoms with Gasteiger partial charge in [-0.05, 0) is 43.5 Å². The third-order valence-electron chi connectivity index (χ3n) is 4.06. The summed E-state index contributed by atoms with van der Waals surface area (Å²) in [6.07, 6.45) is 1.78. The molecule has 0 bridgehead atoms. The number of hydrogen-bond acceptors (Lipinski definition) is 2. The minimum atomic E-state index is -0.276. The van der Waals surface area contributed by atoms with E-state index in [-0.39, 0.29) is 18.2 Å². The largest absolute Gasteiger partial charge is 0.326 e. The molecule has 0 saturated carbocycles. The van der Waals surface area contributed by atoms with Gasteiger partial charge in [-0.2, -0.15) is 0 Å². The predicted octanol–water partition coefficient (Wildman–Crippen LogP) is 3.30. The smallest absolute Gasteiger partial charge is 0.236 e. The van der Waals surface area contributed by atoms with E-state index >= 15 is 0 Å². The topological polar surface area (TPSA) is 49.4 Å². The highest BCUT2D eigenvalue weighted by molar-refractivity contribution is 6.09. The number of benzene rings is 2. The first-order valence-corrected chi connectivity index (χ1v) is 7.88. The number of carbonyl (C=O) groups excluding carboxylic acids is 2. The van der Waals surface area contributed by atoms with Crippen molar-refractivity contribution in [2.24, 2.45) is 0 Å². The SMILES string of the molecule is Cc1ccc(NC(=O)CC(=O)N2CCCc3ccccc32)cc1. The highest BCUT2D eigenvalue weighted by Gasteiger charge is 2.23. The lowest BCUT2D eigenvalue weighted by molar-refractivity contribution is -0.125. The molecule has 0 spiro atoms. The van der Waals surface area contributed by atoms with Crippen molar-refractivity contribution < 1.29 is 9.59 Å². The van der Waals surface area contributed by atoms with Crippen LogP contribution in [0.2, 0.25) is 0 Å². The van der Waals surface area contributed by atoms with Gasteiger partial charge in [0, 0.05) is 17.9 Å². The molecule has 4 heteroatoms. The van der Waals surface area contributed by atoms with Crippen LogP contribution in [0.4, 0.5) is 11.4 Å². The molecule has 0 aliphatic carbocycles. The van der Waals surface area contributed by atoms with Gasteiger partial charge in [0.2, 0.25) is 11.8 Å². The molecule has 2 amide bonds. The lowest BCUT2D eigenvalue weighted by Gasteiger charge is -2.29. The van der Waals surface area contributed by atoms with Crippen molar-refractivity contribution in [3.8, 4) is 0 Å². The van der Waals surface area contributed by atoms with Crippen LogP contribution in [-0.2, 0) is 16.0 Å². The first kappa shape index (κ1) is 15.3. The maximum atomic E-state index is 12.5. The summed E-state index contributed by atoms with van der Waals surface area (Å²) in [5.41, 5.74) is 3.95. The van der Waals surface area contributed by atoms with Crippen molar-refractivity contribution in [2.45, 2.75) is 26.2 Å². The Morgan fingerprint density at radius 3 is 2.61 bits per heavy atom. The number of para-hydroxylation sites is 1. The summed E-state index contributed by atoms with van der Waals surface area (Å²) < 4.78 is 0. The van der Waals surface area contributed by atoms with E-state index in [0.717, 1.165) is 24.1 Å². The lowest BCUT2D eigenvalue weighted by atomic mass is 10.0. The van der Waals surface area contributed by atoms with Gasteiger partial charge in [-0.3, -0.25) is 9.59 Å². The standard InChI is InChI=1S/C19H20N2O2/c1-14-8-10-16(11-9-14)20-18(22)13-19(23)21-12-4-6-15-5-2-3-7-17(15)21/h2-3,5,7-11H,4,6,12-13H2,1H3,(H,20,22). The van der Waals surface area contributed by atoms with Crippen LogP contribution in [0.25, 0.3) is 0 Å². The zero-order chi connectivity index (χ0) is 16.2. The second kappa shape index (κ2) is 6.65. The van der Waals surface area contributed by atoms with Crippen LogP contribution in [0, 0.1) is 6.92 Å². The van der Waals surface area contributed by atoms with Gasteiger partial charge in [-0.15, -0.1) is 0 Å². The summed E-state index contributed by atoms with van der Waals surface area (Å²) >= 11 is 0. The fourth-order valence-corrected chi connectivity index (χ4v) is 2.87. The van der Waals surface area contributed by atoms with Gasteiger partial charge in [-0.25, -0.2) is 0 Å². The summed E-state index contributed by atoms with van der Waals surface area (Å²) in [5.74, 6) is -0.427. The molecule has 1 aliphatic heterocycles. The van der Waals surface area contributed by atoms with Gasteiger partial charge < -0.3 is 10.2 Å². The Balaban J connectivity index is 1.65. The molecule has 2 aromatic carbocycles. The van der Waals surface area contributed by atoms with E-state index in [4.69, 9.17) is 0 Å². The van der Waals surface area contributed by atoms with Gasteiger partial charge in [-0.1, -0.05) is 35.9 Å². The molecule has 1 N–H and O–H groups in total. The fraction of sp³-hybridized carbons (Fsp3) is 0.263. The summed E-state index contributed by atoms with van der Waals surface area (Å²) in [7, 11) is 0. The Hall–Kier alpha value is -2.62. The second-order valence-corrected chi connectivity index (χ2v) is 5.87. The van der Waals surface area contributed by atoms with Crippen LogP contribution in [0.1, 0.15) is 24.0 Å². The highest BCUT2D eigenvalue weighted by atomic mass is 16.2. The number of rotatable bonds is 3. The normalized spacial score (nSPS) is 13.3. The summed E-state index contributed by atoms with van der Waals surface area (Å²) in [6.45, 7) is 2.66. The predicted molar refractivity (Wildman–Crippen MR) is 91.5 cm³/mol. The number of nitrogens with zero attached hydrogens (tertiary/aromatic N) is 1. The third-order valence-corrected chi connectivity index (χ3v) is 4.06. The van der Waals surface area contributed by atoms with E-state index in [1.54, 1.807) is 4.90 Å². The van der Waals surface area contributed by atoms with Gasteiger partial charge in [0.15, 0.2) is 0 Å². The molecule has 0 aromatic heterocycles. The number of fused-ring (bicyclic) bond motifs is 1. The number of amides is 2. The number of anilines is 2. The molecule has 3 rings (SSSR count). The molecule has 2 aromatic rings. The van der Waals surface area contributed by atoms with Crippen molar-refractivity contribution in [3.63, 3.8) is 0 Å². The molecule has 23 heavy (non-hydrogen) atoms. The van der Waals surface area contributed by atoms with Crippen molar-refractivity contribution in [1.29, 1.82) is 0 Å². The summed E-state index contributed by atoms with van der Waals surface area (Å²) in [6, 6.07) is 15.4. The van der Waals surface area contributed by atoms with Crippen molar-refractivity contribution in [2.75, 3.05) is 16.8 Å². The zero-order valence-electron chi connectivity index (χ0n) is 13.2. The third kappa shape index (κ3) is 3.59. The van der Waals surface area contributed by atoms with E-state index in [9.17, 15) is 9.59 Å².